The van der Waals surface area contributed by atoms with E-state index in [9.17, 15) is 9.59 Å². The molecule has 0 spiro atoms. The third-order valence-corrected chi connectivity index (χ3v) is 3.63. The van der Waals surface area contributed by atoms with Gasteiger partial charge >= 0.3 is 5.69 Å². The van der Waals surface area contributed by atoms with Crippen molar-refractivity contribution in [3.8, 4) is 5.69 Å². The molecular formula is C14H15N5O2. The molecule has 0 aliphatic rings. The van der Waals surface area contributed by atoms with Gasteiger partial charge in [0.1, 0.15) is 0 Å². The molecule has 0 saturated heterocycles. The van der Waals surface area contributed by atoms with Crippen LogP contribution in [0.15, 0.2) is 33.9 Å². The van der Waals surface area contributed by atoms with Crippen LogP contribution in [0.3, 0.4) is 0 Å². The number of hydrogen-bond acceptors (Lipinski definition) is 4. The Balaban J connectivity index is 2.34. The van der Waals surface area contributed by atoms with Gasteiger partial charge in [-0.15, -0.1) is 5.10 Å². The van der Waals surface area contributed by atoms with E-state index in [0.717, 1.165) is 16.7 Å². The van der Waals surface area contributed by atoms with Crippen LogP contribution in [0.5, 0.6) is 0 Å². The van der Waals surface area contributed by atoms with Crippen molar-refractivity contribution in [3.63, 3.8) is 0 Å². The summed E-state index contributed by atoms with van der Waals surface area (Å²) in [6.07, 6.45) is 0.942. The Labute approximate surface area is 120 Å². The van der Waals surface area contributed by atoms with Gasteiger partial charge in [-0.1, -0.05) is 24.3 Å². The zero-order chi connectivity index (χ0) is 15.1. The summed E-state index contributed by atoms with van der Waals surface area (Å²) in [4.78, 5) is 24.1. The van der Waals surface area contributed by atoms with Crippen LogP contribution in [0, 0.1) is 0 Å². The molecule has 0 amide bonds. The second kappa shape index (κ2) is 4.69. The maximum Gasteiger partial charge on any atom is 0.332 e. The highest BCUT2D eigenvalue weighted by molar-refractivity contribution is 5.71. The van der Waals surface area contributed by atoms with Crippen LogP contribution in [-0.2, 0) is 20.5 Å². The van der Waals surface area contributed by atoms with Gasteiger partial charge in [0.05, 0.1) is 5.69 Å². The van der Waals surface area contributed by atoms with Crippen molar-refractivity contribution in [3.05, 3.63) is 50.7 Å². The Morgan fingerprint density at radius 2 is 1.71 bits per heavy atom. The molecule has 21 heavy (non-hydrogen) atoms. The molecule has 3 aromatic rings. The van der Waals surface area contributed by atoms with Crippen LogP contribution in [0.25, 0.3) is 16.9 Å². The van der Waals surface area contributed by atoms with E-state index in [1.165, 1.54) is 21.9 Å². The molecule has 0 radical (unpaired) electrons. The Morgan fingerprint density at radius 3 is 2.33 bits per heavy atom. The highest BCUT2D eigenvalue weighted by Gasteiger charge is 2.16. The third-order valence-electron chi connectivity index (χ3n) is 3.63. The monoisotopic (exact) mass is 285 g/mol. The normalized spacial score (nSPS) is 11.2. The zero-order valence-electron chi connectivity index (χ0n) is 12.1. The topological polar surface area (TPSA) is 74.7 Å². The summed E-state index contributed by atoms with van der Waals surface area (Å²) in [6.45, 7) is 2.08. The SMILES string of the molecule is CCc1ccc(-n2nnc3c(=O)n(C)c(=O)n(C)c32)cc1. The lowest BCUT2D eigenvalue weighted by atomic mass is 10.1. The van der Waals surface area contributed by atoms with Crippen molar-refractivity contribution in [1.82, 2.24) is 24.1 Å². The van der Waals surface area contributed by atoms with Gasteiger partial charge in [-0.05, 0) is 24.1 Å². The summed E-state index contributed by atoms with van der Waals surface area (Å²) >= 11 is 0. The minimum Gasteiger partial charge on any atom is -0.279 e. The molecule has 0 unspecified atom stereocenters. The summed E-state index contributed by atoms with van der Waals surface area (Å²) in [5.41, 5.74) is 1.70. The van der Waals surface area contributed by atoms with Gasteiger partial charge in [-0.3, -0.25) is 13.9 Å². The molecule has 0 N–H and O–H groups in total. The standard InChI is InChI=1S/C14H15N5O2/c1-4-9-5-7-10(8-6-9)19-12-11(15-16-19)13(20)18(3)14(21)17(12)2/h5-8H,4H2,1-3H3. The minimum atomic E-state index is -0.440. The first kappa shape index (κ1) is 13.3. The first-order valence-corrected chi connectivity index (χ1v) is 6.65. The number of hydrogen-bond donors (Lipinski definition) is 0. The molecule has 0 atom stereocenters. The Kier molecular flexibility index (Phi) is 2.97. The van der Waals surface area contributed by atoms with Crippen molar-refractivity contribution in [2.24, 2.45) is 14.1 Å². The molecule has 7 nitrogen and oxygen atoms in total. The largest absolute Gasteiger partial charge is 0.332 e. The lowest BCUT2D eigenvalue weighted by molar-refractivity contribution is 0.698. The fourth-order valence-corrected chi connectivity index (χ4v) is 2.32. The second-order valence-corrected chi connectivity index (χ2v) is 4.90. The molecule has 0 bridgehead atoms. The molecule has 0 fully saturated rings. The summed E-state index contributed by atoms with van der Waals surface area (Å²) < 4.78 is 3.92. The summed E-state index contributed by atoms with van der Waals surface area (Å²) in [5, 5.41) is 7.94. The van der Waals surface area contributed by atoms with Crippen LogP contribution >= 0.6 is 0 Å². The minimum absolute atomic E-state index is 0.180. The smallest absolute Gasteiger partial charge is 0.279 e. The maximum absolute atomic E-state index is 12.1. The van der Waals surface area contributed by atoms with Gasteiger partial charge in [0, 0.05) is 14.1 Å². The summed E-state index contributed by atoms with van der Waals surface area (Å²) in [6, 6.07) is 7.77. The van der Waals surface area contributed by atoms with E-state index in [1.807, 2.05) is 24.3 Å². The fraction of sp³-hybridized carbons (Fsp3) is 0.286. The van der Waals surface area contributed by atoms with Crippen molar-refractivity contribution >= 4 is 11.2 Å². The number of aryl methyl sites for hydroxylation is 2. The van der Waals surface area contributed by atoms with E-state index in [1.54, 1.807) is 7.05 Å². The van der Waals surface area contributed by atoms with Gasteiger partial charge in [0.15, 0.2) is 11.2 Å². The van der Waals surface area contributed by atoms with Gasteiger partial charge < -0.3 is 0 Å². The van der Waals surface area contributed by atoms with Crippen molar-refractivity contribution in [2.45, 2.75) is 13.3 Å². The van der Waals surface area contributed by atoms with Gasteiger partial charge in [0.2, 0.25) is 0 Å². The van der Waals surface area contributed by atoms with Gasteiger partial charge in [-0.25, -0.2) is 4.79 Å². The zero-order valence-corrected chi connectivity index (χ0v) is 12.1. The number of benzene rings is 1. The van der Waals surface area contributed by atoms with E-state index in [0.29, 0.717) is 5.65 Å². The van der Waals surface area contributed by atoms with Gasteiger partial charge in [-0.2, -0.15) is 4.68 Å². The van der Waals surface area contributed by atoms with E-state index in [-0.39, 0.29) is 5.52 Å². The number of rotatable bonds is 2. The van der Waals surface area contributed by atoms with Crippen molar-refractivity contribution in [2.75, 3.05) is 0 Å². The van der Waals surface area contributed by atoms with E-state index >= 15 is 0 Å². The molecule has 3 rings (SSSR count). The third kappa shape index (κ3) is 1.89. The van der Waals surface area contributed by atoms with Crippen LogP contribution in [0.4, 0.5) is 0 Å². The number of fused-ring (bicyclic) bond motifs is 1. The summed E-state index contributed by atoms with van der Waals surface area (Å²) in [7, 11) is 3.03. The van der Waals surface area contributed by atoms with Gasteiger partial charge in [0.25, 0.3) is 5.56 Å². The van der Waals surface area contributed by atoms with Crippen LogP contribution in [0.1, 0.15) is 12.5 Å². The molecular weight excluding hydrogens is 270 g/mol. The number of nitrogens with zero attached hydrogens (tertiary/aromatic N) is 5. The molecule has 2 aromatic heterocycles. The fourth-order valence-electron chi connectivity index (χ4n) is 2.32. The molecule has 1 aromatic carbocycles. The molecule has 7 heteroatoms. The first-order valence-electron chi connectivity index (χ1n) is 6.65. The predicted octanol–water partition coefficient (Wildman–Crippen LogP) is 0.380. The quantitative estimate of drug-likeness (QED) is 0.682. The maximum atomic E-state index is 12.1. The highest BCUT2D eigenvalue weighted by Crippen LogP contribution is 2.13. The lowest BCUT2D eigenvalue weighted by Gasteiger charge is -2.07. The lowest BCUT2D eigenvalue weighted by Crippen LogP contribution is -2.37. The molecule has 108 valence electrons. The second-order valence-electron chi connectivity index (χ2n) is 4.90. The van der Waals surface area contributed by atoms with Crippen LogP contribution in [-0.4, -0.2) is 24.1 Å². The molecule has 2 heterocycles. The average Bonchev–Trinajstić information content (AvgIpc) is 2.96. The molecule has 0 aliphatic carbocycles. The number of aromatic nitrogens is 5. The van der Waals surface area contributed by atoms with E-state index < -0.39 is 11.2 Å². The average molecular weight is 285 g/mol. The Hall–Kier alpha value is -2.70. The first-order chi connectivity index (χ1) is 10.0. The van der Waals surface area contributed by atoms with Crippen LogP contribution < -0.4 is 11.2 Å². The highest BCUT2D eigenvalue weighted by atomic mass is 16.2. The molecule has 0 saturated carbocycles. The Bertz CT molecular complexity index is 931. The summed E-state index contributed by atoms with van der Waals surface area (Å²) in [5.74, 6) is 0. The van der Waals surface area contributed by atoms with E-state index in [2.05, 4.69) is 17.2 Å². The predicted molar refractivity (Wildman–Crippen MR) is 78.7 cm³/mol. The van der Waals surface area contributed by atoms with Crippen LogP contribution in [0.2, 0.25) is 0 Å². The Morgan fingerprint density at radius 1 is 1.05 bits per heavy atom. The van der Waals surface area contributed by atoms with Crippen molar-refractivity contribution in [1.29, 1.82) is 0 Å². The van der Waals surface area contributed by atoms with E-state index in [4.69, 9.17) is 0 Å². The molecule has 0 aliphatic heterocycles. The van der Waals surface area contributed by atoms with Crippen molar-refractivity contribution < 1.29 is 0 Å².